The van der Waals surface area contributed by atoms with Gasteiger partial charge in [-0.3, -0.25) is 0 Å². The Morgan fingerprint density at radius 2 is 2.00 bits per heavy atom. The van der Waals surface area contributed by atoms with Gasteiger partial charge in [0.15, 0.2) is 0 Å². The molecular weight excluding hydrogens is 282 g/mol. The summed E-state index contributed by atoms with van der Waals surface area (Å²) in [7, 11) is 0. The van der Waals surface area contributed by atoms with Crippen molar-refractivity contribution < 1.29 is 9.53 Å². The number of ether oxygens (including phenoxy) is 1. The van der Waals surface area contributed by atoms with Gasteiger partial charge >= 0.3 is 5.97 Å². The molecule has 0 fully saturated rings. The average Bonchev–Trinajstić information content (AvgIpc) is 2.25. The van der Waals surface area contributed by atoms with E-state index in [1.54, 1.807) is 0 Å². The van der Waals surface area contributed by atoms with Crippen LogP contribution >= 0.6 is 15.9 Å². The normalized spacial score (nSPS) is 13.2. The second-order valence-electron chi connectivity index (χ2n) is 4.84. The molecule has 0 aliphatic heterocycles. The molecule has 0 saturated carbocycles. The van der Waals surface area contributed by atoms with E-state index in [-0.39, 0.29) is 0 Å². The number of carbonyl (C=O) groups excluding carboxylic acids is 1. The highest BCUT2D eigenvalue weighted by molar-refractivity contribution is 9.08. The van der Waals surface area contributed by atoms with E-state index in [0.717, 1.165) is 11.1 Å². The van der Waals surface area contributed by atoms with Crippen molar-refractivity contribution >= 4 is 21.9 Å². The first-order valence-corrected chi connectivity index (χ1v) is 6.59. The Balaban J connectivity index is 2.89. The fourth-order valence-corrected chi connectivity index (χ4v) is 1.96. The van der Waals surface area contributed by atoms with E-state index >= 15 is 0 Å². The third kappa shape index (κ3) is 4.13. The molecule has 0 aliphatic rings. The minimum atomic E-state index is -0.733. The number of carbonyl (C=O) groups is 1. The van der Waals surface area contributed by atoms with Crippen LogP contribution < -0.4 is 5.73 Å². The van der Waals surface area contributed by atoms with Crippen LogP contribution in [0.1, 0.15) is 37.9 Å². The number of rotatable bonds is 3. The summed E-state index contributed by atoms with van der Waals surface area (Å²) in [6.45, 7) is 5.48. The lowest BCUT2D eigenvalue weighted by Gasteiger charge is -2.23. The van der Waals surface area contributed by atoms with E-state index in [1.165, 1.54) is 0 Å². The van der Waals surface area contributed by atoms with Gasteiger partial charge < -0.3 is 10.5 Å². The van der Waals surface area contributed by atoms with E-state index in [0.29, 0.717) is 5.33 Å². The van der Waals surface area contributed by atoms with Crippen LogP contribution in [0.4, 0.5) is 0 Å². The van der Waals surface area contributed by atoms with Crippen molar-refractivity contribution in [2.75, 3.05) is 0 Å². The monoisotopic (exact) mass is 299 g/mol. The van der Waals surface area contributed by atoms with Crippen molar-refractivity contribution in [1.82, 2.24) is 0 Å². The van der Waals surface area contributed by atoms with Crippen LogP contribution in [-0.4, -0.2) is 11.6 Å². The number of halogens is 1. The van der Waals surface area contributed by atoms with Gasteiger partial charge in [0, 0.05) is 5.33 Å². The molecule has 0 radical (unpaired) electrons. The molecule has 17 heavy (non-hydrogen) atoms. The van der Waals surface area contributed by atoms with Gasteiger partial charge in [0.25, 0.3) is 0 Å². The summed E-state index contributed by atoms with van der Waals surface area (Å²) in [5, 5.41) is 0.666. The topological polar surface area (TPSA) is 52.3 Å². The maximum Gasteiger partial charge on any atom is 0.328 e. The van der Waals surface area contributed by atoms with Crippen molar-refractivity contribution in [2.45, 2.75) is 37.7 Å². The van der Waals surface area contributed by atoms with Gasteiger partial charge in [0.1, 0.15) is 11.6 Å². The first-order valence-electron chi connectivity index (χ1n) is 5.47. The quantitative estimate of drug-likeness (QED) is 0.690. The van der Waals surface area contributed by atoms with Crippen LogP contribution in [0.25, 0.3) is 0 Å². The number of hydrogen-bond donors (Lipinski definition) is 1. The van der Waals surface area contributed by atoms with Crippen LogP contribution in [-0.2, 0) is 14.9 Å². The largest absolute Gasteiger partial charge is 0.459 e. The summed E-state index contributed by atoms with van der Waals surface area (Å²) in [4.78, 5) is 11.9. The Morgan fingerprint density at radius 1 is 1.41 bits per heavy atom. The summed E-state index contributed by atoms with van der Waals surface area (Å²) in [5.74, 6) is -0.397. The first kappa shape index (κ1) is 14.2. The second-order valence-corrected chi connectivity index (χ2v) is 5.40. The number of benzene rings is 1. The molecule has 0 aliphatic carbocycles. The van der Waals surface area contributed by atoms with Crippen molar-refractivity contribution in [2.24, 2.45) is 5.73 Å². The molecule has 0 aromatic heterocycles. The zero-order valence-electron chi connectivity index (χ0n) is 10.4. The summed E-state index contributed by atoms with van der Waals surface area (Å²) in [6, 6.07) is 6.84. The number of esters is 1. The third-order valence-corrected chi connectivity index (χ3v) is 2.80. The lowest BCUT2D eigenvalue weighted by Crippen LogP contribution is -2.32. The Bertz CT molecular complexity index is 399. The highest BCUT2D eigenvalue weighted by Gasteiger charge is 2.24. The van der Waals surface area contributed by atoms with E-state index in [9.17, 15) is 4.79 Å². The van der Waals surface area contributed by atoms with Crippen molar-refractivity contribution in [3.05, 3.63) is 35.4 Å². The minimum Gasteiger partial charge on any atom is -0.459 e. The van der Waals surface area contributed by atoms with Crippen LogP contribution in [0.5, 0.6) is 0 Å². The molecule has 1 aromatic carbocycles. The summed E-state index contributed by atoms with van der Waals surface area (Å²) in [5.41, 5.74) is 7.22. The first-order chi connectivity index (χ1) is 7.85. The number of hydrogen-bond acceptors (Lipinski definition) is 3. The maximum atomic E-state index is 11.9. The van der Waals surface area contributed by atoms with Gasteiger partial charge in [-0.1, -0.05) is 40.2 Å². The Kier molecular flexibility index (Phi) is 4.71. The van der Waals surface area contributed by atoms with E-state index in [1.807, 2.05) is 45.0 Å². The molecule has 3 nitrogen and oxygen atoms in total. The maximum absolute atomic E-state index is 11.9. The summed E-state index contributed by atoms with van der Waals surface area (Å²) in [6.07, 6.45) is 0. The molecule has 0 bridgehead atoms. The summed E-state index contributed by atoms with van der Waals surface area (Å²) >= 11 is 3.38. The van der Waals surface area contributed by atoms with Gasteiger partial charge in [-0.2, -0.15) is 0 Å². The van der Waals surface area contributed by atoms with Crippen molar-refractivity contribution in [1.29, 1.82) is 0 Å². The van der Waals surface area contributed by atoms with Crippen LogP contribution in [0.15, 0.2) is 24.3 Å². The van der Waals surface area contributed by atoms with E-state index in [2.05, 4.69) is 15.9 Å². The predicted molar refractivity (Wildman–Crippen MR) is 71.8 cm³/mol. The lowest BCUT2D eigenvalue weighted by molar-refractivity contribution is -0.156. The molecule has 0 amide bonds. The van der Waals surface area contributed by atoms with Gasteiger partial charge in [-0.05, 0) is 31.9 Å². The SMILES string of the molecule is CC(C)(C)OC(=O)[C@H](N)c1ccccc1CBr. The third-order valence-electron chi connectivity index (χ3n) is 2.19. The molecule has 1 rings (SSSR count). The Hall–Kier alpha value is -0.870. The average molecular weight is 300 g/mol. The lowest BCUT2D eigenvalue weighted by atomic mass is 10.0. The van der Waals surface area contributed by atoms with E-state index < -0.39 is 17.6 Å². The number of nitrogens with two attached hydrogens (primary N) is 1. The smallest absolute Gasteiger partial charge is 0.328 e. The minimum absolute atomic E-state index is 0.397. The van der Waals surface area contributed by atoms with Crippen LogP contribution in [0.3, 0.4) is 0 Å². The molecule has 0 unspecified atom stereocenters. The fourth-order valence-electron chi connectivity index (χ4n) is 1.45. The molecule has 94 valence electrons. The summed E-state index contributed by atoms with van der Waals surface area (Å²) < 4.78 is 5.27. The van der Waals surface area contributed by atoms with Crippen molar-refractivity contribution in [3.8, 4) is 0 Å². The zero-order chi connectivity index (χ0) is 13.1. The highest BCUT2D eigenvalue weighted by Crippen LogP contribution is 2.21. The molecule has 1 aromatic rings. The molecule has 2 N–H and O–H groups in total. The van der Waals surface area contributed by atoms with Gasteiger partial charge in [0.2, 0.25) is 0 Å². The number of alkyl halides is 1. The molecule has 0 heterocycles. The molecule has 4 heteroatoms. The Labute approximate surface area is 110 Å². The molecular formula is C13H18BrNO2. The highest BCUT2D eigenvalue weighted by atomic mass is 79.9. The standard InChI is InChI=1S/C13H18BrNO2/c1-13(2,3)17-12(16)11(15)10-7-5-4-6-9(10)8-14/h4-7,11H,8,15H2,1-3H3/t11-/m1/s1. The van der Waals surface area contributed by atoms with Gasteiger partial charge in [-0.25, -0.2) is 4.79 Å². The predicted octanol–water partition coefficient (Wildman–Crippen LogP) is 2.92. The molecule has 1 atom stereocenters. The molecule has 0 saturated heterocycles. The Morgan fingerprint density at radius 3 is 2.53 bits per heavy atom. The molecule has 0 spiro atoms. The fraction of sp³-hybridized carbons (Fsp3) is 0.462. The zero-order valence-corrected chi connectivity index (χ0v) is 12.0. The van der Waals surface area contributed by atoms with E-state index in [4.69, 9.17) is 10.5 Å². The van der Waals surface area contributed by atoms with Gasteiger partial charge in [-0.15, -0.1) is 0 Å². The van der Waals surface area contributed by atoms with Crippen molar-refractivity contribution in [3.63, 3.8) is 0 Å². The van der Waals surface area contributed by atoms with Crippen LogP contribution in [0.2, 0.25) is 0 Å². The van der Waals surface area contributed by atoms with Gasteiger partial charge in [0.05, 0.1) is 0 Å². The van der Waals surface area contributed by atoms with Crippen LogP contribution in [0, 0.1) is 0 Å². The second kappa shape index (κ2) is 5.65.